The number of nitrogens with zero attached hydrogens (tertiary/aromatic N) is 2. The molecule has 2 aromatic rings. The van der Waals surface area contributed by atoms with Crippen LogP contribution in [0.2, 0.25) is 0 Å². The van der Waals surface area contributed by atoms with Crippen molar-refractivity contribution in [2.45, 2.75) is 12.1 Å². The van der Waals surface area contributed by atoms with Crippen LogP contribution in [0.15, 0.2) is 46.6 Å². The van der Waals surface area contributed by atoms with Crippen LogP contribution in [0.4, 0.5) is 0 Å². The lowest BCUT2D eigenvalue weighted by atomic mass is 10.1. The number of aryl methyl sites for hydroxylation is 1. The predicted octanol–water partition coefficient (Wildman–Crippen LogP) is 3.32. The van der Waals surface area contributed by atoms with E-state index in [4.69, 9.17) is 4.42 Å². The molecule has 0 atom stereocenters. The molecule has 0 bridgehead atoms. The molecule has 2 rings (SSSR count). The SMILES string of the molecule is C=CCSc1nnc(-c2ccc(C)cc2)o1. The van der Waals surface area contributed by atoms with E-state index in [1.54, 1.807) is 6.08 Å². The first-order valence-corrected chi connectivity index (χ1v) is 5.92. The van der Waals surface area contributed by atoms with Crippen molar-refractivity contribution in [3.63, 3.8) is 0 Å². The predicted molar refractivity (Wildman–Crippen MR) is 65.4 cm³/mol. The molecule has 0 saturated heterocycles. The van der Waals surface area contributed by atoms with Crippen molar-refractivity contribution in [3.8, 4) is 11.5 Å². The van der Waals surface area contributed by atoms with Crippen LogP contribution in [-0.4, -0.2) is 16.0 Å². The smallest absolute Gasteiger partial charge is 0.277 e. The highest BCUT2D eigenvalue weighted by Gasteiger charge is 2.07. The van der Waals surface area contributed by atoms with E-state index < -0.39 is 0 Å². The fraction of sp³-hybridized carbons (Fsp3) is 0.167. The first-order chi connectivity index (χ1) is 7.79. The summed E-state index contributed by atoms with van der Waals surface area (Å²) in [4.78, 5) is 0. The van der Waals surface area contributed by atoms with Gasteiger partial charge in [-0.2, -0.15) is 0 Å². The Morgan fingerprint density at radius 2 is 2.06 bits per heavy atom. The number of rotatable bonds is 4. The molecular weight excluding hydrogens is 220 g/mol. The maximum atomic E-state index is 5.50. The van der Waals surface area contributed by atoms with Gasteiger partial charge in [0.05, 0.1) is 0 Å². The lowest BCUT2D eigenvalue weighted by Crippen LogP contribution is -1.77. The zero-order chi connectivity index (χ0) is 11.4. The molecule has 16 heavy (non-hydrogen) atoms. The van der Waals surface area contributed by atoms with Crippen LogP contribution < -0.4 is 0 Å². The van der Waals surface area contributed by atoms with Gasteiger partial charge in [0.2, 0.25) is 5.89 Å². The van der Waals surface area contributed by atoms with Crippen LogP contribution >= 0.6 is 11.8 Å². The molecule has 0 unspecified atom stereocenters. The Bertz CT molecular complexity index is 476. The summed E-state index contributed by atoms with van der Waals surface area (Å²) < 4.78 is 5.50. The number of benzene rings is 1. The van der Waals surface area contributed by atoms with E-state index in [0.717, 1.165) is 11.3 Å². The largest absolute Gasteiger partial charge is 0.411 e. The monoisotopic (exact) mass is 232 g/mol. The van der Waals surface area contributed by atoms with Gasteiger partial charge < -0.3 is 4.42 Å². The number of aromatic nitrogens is 2. The van der Waals surface area contributed by atoms with Crippen molar-refractivity contribution >= 4 is 11.8 Å². The second-order valence-corrected chi connectivity index (χ2v) is 4.31. The van der Waals surface area contributed by atoms with Gasteiger partial charge >= 0.3 is 0 Å². The molecule has 0 spiro atoms. The molecule has 0 aliphatic carbocycles. The molecule has 4 heteroatoms. The van der Waals surface area contributed by atoms with Crippen molar-refractivity contribution < 1.29 is 4.42 Å². The second-order valence-electron chi connectivity index (χ2n) is 3.34. The van der Waals surface area contributed by atoms with E-state index in [9.17, 15) is 0 Å². The first-order valence-electron chi connectivity index (χ1n) is 4.94. The van der Waals surface area contributed by atoms with E-state index in [-0.39, 0.29) is 0 Å². The van der Waals surface area contributed by atoms with Crippen LogP contribution in [0.25, 0.3) is 11.5 Å². The maximum Gasteiger partial charge on any atom is 0.277 e. The fourth-order valence-electron chi connectivity index (χ4n) is 1.21. The molecule has 1 heterocycles. The molecule has 0 aliphatic rings. The molecule has 0 fully saturated rings. The molecular formula is C12H12N2OS. The van der Waals surface area contributed by atoms with Gasteiger partial charge in [-0.1, -0.05) is 35.5 Å². The normalized spacial score (nSPS) is 10.3. The second kappa shape index (κ2) is 4.99. The van der Waals surface area contributed by atoms with Crippen LogP contribution in [0, 0.1) is 6.92 Å². The standard InChI is InChI=1S/C12H12N2OS/c1-3-8-16-12-14-13-11(15-12)10-6-4-9(2)5-7-10/h3-7H,1,8H2,2H3. The number of hydrogen-bond acceptors (Lipinski definition) is 4. The zero-order valence-electron chi connectivity index (χ0n) is 9.01. The average Bonchev–Trinajstić information content (AvgIpc) is 2.76. The van der Waals surface area contributed by atoms with Gasteiger partial charge in [0.25, 0.3) is 5.22 Å². The summed E-state index contributed by atoms with van der Waals surface area (Å²) in [5.41, 5.74) is 2.16. The van der Waals surface area contributed by atoms with E-state index in [0.29, 0.717) is 11.1 Å². The minimum Gasteiger partial charge on any atom is -0.411 e. The van der Waals surface area contributed by atoms with E-state index >= 15 is 0 Å². The topological polar surface area (TPSA) is 38.9 Å². The van der Waals surface area contributed by atoms with Gasteiger partial charge in [0, 0.05) is 11.3 Å². The molecule has 82 valence electrons. The van der Waals surface area contributed by atoms with Gasteiger partial charge in [-0.15, -0.1) is 16.8 Å². The van der Waals surface area contributed by atoms with Gasteiger partial charge in [0.1, 0.15) is 0 Å². The van der Waals surface area contributed by atoms with E-state index in [2.05, 4.69) is 16.8 Å². The Kier molecular flexibility index (Phi) is 3.41. The summed E-state index contributed by atoms with van der Waals surface area (Å²) in [5.74, 6) is 1.33. The van der Waals surface area contributed by atoms with Crippen LogP contribution in [0.5, 0.6) is 0 Å². The Balaban J connectivity index is 2.17. The summed E-state index contributed by atoms with van der Waals surface area (Å²) in [5, 5.41) is 8.53. The molecule has 0 amide bonds. The van der Waals surface area contributed by atoms with Gasteiger partial charge in [-0.3, -0.25) is 0 Å². The van der Waals surface area contributed by atoms with Crippen LogP contribution in [0.3, 0.4) is 0 Å². The van der Waals surface area contributed by atoms with Crippen molar-refractivity contribution in [1.82, 2.24) is 10.2 Å². The lowest BCUT2D eigenvalue weighted by molar-refractivity contribution is 0.466. The van der Waals surface area contributed by atoms with Crippen molar-refractivity contribution in [1.29, 1.82) is 0 Å². The Morgan fingerprint density at radius 1 is 1.31 bits per heavy atom. The van der Waals surface area contributed by atoms with Gasteiger partial charge in [-0.25, -0.2) is 0 Å². The summed E-state index contributed by atoms with van der Waals surface area (Å²) in [6.07, 6.45) is 1.81. The Hall–Kier alpha value is -1.55. The van der Waals surface area contributed by atoms with Gasteiger partial charge in [-0.05, 0) is 19.1 Å². The van der Waals surface area contributed by atoms with Crippen molar-refractivity contribution in [2.24, 2.45) is 0 Å². The number of thioether (sulfide) groups is 1. The molecule has 0 radical (unpaired) electrons. The highest BCUT2D eigenvalue weighted by atomic mass is 32.2. The van der Waals surface area contributed by atoms with Crippen molar-refractivity contribution in [2.75, 3.05) is 5.75 Å². The van der Waals surface area contributed by atoms with Crippen LogP contribution in [0.1, 0.15) is 5.56 Å². The lowest BCUT2D eigenvalue weighted by Gasteiger charge is -1.94. The third kappa shape index (κ3) is 2.52. The van der Waals surface area contributed by atoms with Crippen molar-refractivity contribution in [3.05, 3.63) is 42.5 Å². The summed E-state index contributed by atoms with van der Waals surface area (Å²) in [7, 11) is 0. The summed E-state index contributed by atoms with van der Waals surface area (Å²) in [6, 6.07) is 8.00. The Morgan fingerprint density at radius 3 is 2.75 bits per heavy atom. The molecule has 1 aromatic heterocycles. The first kappa shape index (κ1) is 11.0. The number of hydrogen-bond donors (Lipinski definition) is 0. The average molecular weight is 232 g/mol. The zero-order valence-corrected chi connectivity index (χ0v) is 9.83. The maximum absolute atomic E-state index is 5.50. The molecule has 0 saturated carbocycles. The molecule has 3 nitrogen and oxygen atoms in total. The fourth-order valence-corrected chi connectivity index (χ4v) is 1.71. The van der Waals surface area contributed by atoms with E-state index in [1.807, 2.05) is 31.2 Å². The molecule has 1 aromatic carbocycles. The highest BCUT2D eigenvalue weighted by Crippen LogP contribution is 2.23. The minimum absolute atomic E-state index is 0.562. The third-order valence-electron chi connectivity index (χ3n) is 2.03. The summed E-state index contributed by atoms with van der Waals surface area (Å²) >= 11 is 1.48. The quantitative estimate of drug-likeness (QED) is 0.598. The Labute approximate surface area is 98.6 Å². The van der Waals surface area contributed by atoms with Crippen LogP contribution in [-0.2, 0) is 0 Å². The molecule has 0 aliphatic heterocycles. The van der Waals surface area contributed by atoms with E-state index in [1.165, 1.54) is 17.3 Å². The third-order valence-corrected chi connectivity index (χ3v) is 2.84. The highest BCUT2D eigenvalue weighted by molar-refractivity contribution is 7.99. The summed E-state index contributed by atoms with van der Waals surface area (Å²) in [6.45, 7) is 5.68. The minimum atomic E-state index is 0.562. The molecule has 0 N–H and O–H groups in total. The van der Waals surface area contributed by atoms with Gasteiger partial charge in [0.15, 0.2) is 0 Å².